The van der Waals surface area contributed by atoms with Crippen molar-refractivity contribution in [2.45, 2.75) is 19.1 Å². The molecular weight excluding hydrogens is 310 g/mol. The fraction of sp³-hybridized carbons (Fsp3) is 0.533. The first-order valence-electron chi connectivity index (χ1n) is 7.03. The number of benzene rings is 1. The van der Waals surface area contributed by atoms with E-state index in [0.717, 1.165) is 11.3 Å². The van der Waals surface area contributed by atoms with Crippen LogP contribution in [0.15, 0.2) is 24.3 Å². The van der Waals surface area contributed by atoms with Crippen molar-refractivity contribution in [3.63, 3.8) is 0 Å². The molecule has 0 aliphatic carbocycles. The molecule has 0 bridgehead atoms. The molecule has 0 unspecified atom stereocenters. The van der Waals surface area contributed by atoms with Crippen molar-refractivity contribution in [1.29, 1.82) is 0 Å². The highest BCUT2D eigenvalue weighted by molar-refractivity contribution is 7.99. The molecule has 0 radical (unpaired) electrons. The van der Waals surface area contributed by atoms with Gasteiger partial charge in [-0.2, -0.15) is 11.8 Å². The summed E-state index contributed by atoms with van der Waals surface area (Å²) < 4.78 is 5.62. The first-order chi connectivity index (χ1) is 10.2. The van der Waals surface area contributed by atoms with Gasteiger partial charge >= 0.3 is 0 Å². The number of amides is 1. The molecule has 6 heteroatoms. The van der Waals surface area contributed by atoms with E-state index < -0.39 is 6.10 Å². The Hall–Kier alpha value is -0.750. The summed E-state index contributed by atoms with van der Waals surface area (Å²) in [6.45, 7) is 2.85. The molecule has 0 aromatic heterocycles. The number of hydrogen-bond donors (Lipinski definition) is 1. The summed E-state index contributed by atoms with van der Waals surface area (Å²) in [5.41, 5.74) is 0.827. The SMILES string of the molecule is CCSCC(=O)N1CCO[C@@H](CO)[C@@H]1c1ccccc1Cl. The van der Waals surface area contributed by atoms with Gasteiger partial charge in [0.2, 0.25) is 5.91 Å². The van der Waals surface area contributed by atoms with E-state index in [4.69, 9.17) is 16.3 Å². The third-order valence-corrected chi connectivity index (χ3v) is 4.71. The minimum atomic E-state index is -0.436. The van der Waals surface area contributed by atoms with Crippen LogP contribution in [-0.4, -0.2) is 53.3 Å². The number of nitrogens with zero attached hydrogens (tertiary/aromatic N) is 1. The van der Waals surface area contributed by atoms with Crippen LogP contribution in [0.3, 0.4) is 0 Å². The second-order valence-electron chi connectivity index (χ2n) is 4.78. The summed E-state index contributed by atoms with van der Waals surface area (Å²) in [5, 5.41) is 10.2. The maximum absolute atomic E-state index is 12.4. The highest BCUT2D eigenvalue weighted by Crippen LogP contribution is 2.34. The third-order valence-electron chi connectivity index (χ3n) is 3.51. The molecule has 2 atom stereocenters. The molecule has 1 heterocycles. The lowest BCUT2D eigenvalue weighted by atomic mass is 9.98. The van der Waals surface area contributed by atoms with Gasteiger partial charge in [-0.3, -0.25) is 4.79 Å². The monoisotopic (exact) mass is 329 g/mol. The van der Waals surface area contributed by atoms with Crippen molar-refractivity contribution >= 4 is 29.3 Å². The van der Waals surface area contributed by atoms with Crippen LogP contribution in [0.25, 0.3) is 0 Å². The topological polar surface area (TPSA) is 49.8 Å². The number of carbonyl (C=O) groups is 1. The Morgan fingerprint density at radius 2 is 2.29 bits per heavy atom. The average molecular weight is 330 g/mol. The second-order valence-corrected chi connectivity index (χ2v) is 6.46. The normalized spacial score (nSPS) is 22.3. The minimum absolute atomic E-state index is 0.0634. The van der Waals surface area contributed by atoms with Gasteiger partial charge in [0, 0.05) is 11.6 Å². The van der Waals surface area contributed by atoms with Gasteiger partial charge in [-0.15, -0.1) is 0 Å². The van der Waals surface area contributed by atoms with Gasteiger partial charge in [0.1, 0.15) is 6.10 Å². The molecule has 21 heavy (non-hydrogen) atoms. The van der Waals surface area contributed by atoms with Crippen LogP contribution in [0.1, 0.15) is 18.5 Å². The number of hydrogen-bond acceptors (Lipinski definition) is 4. The van der Waals surface area contributed by atoms with E-state index in [1.165, 1.54) is 0 Å². The summed E-state index contributed by atoms with van der Waals surface area (Å²) in [6.07, 6.45) is -0.436. The van der Waals surface area contributed by atoms with Gasteiger partial charge in [0.15, 0.2) is 0 Å². The number of rotatable bonds is 5. The summed E-state index contributed by atoms with van der Waals surface area (Å²) in [7, 11) is 0. The predicted octanol–water partition coefficient (Wildman–Crippen LogP) is 2.35. The van der Waals surface area contributed by atoms with E-state index >= 15 is 0 Å². The minimum Gasteiger partial charge on any atom is -0.394 e. The van der Waals surface area contributed by atoms with Crippen molar-refractivity contribution in [3.8, 4) is 0 Å². The van der Waals surface area contributed by atoms with Gasteiger partial charge in [0.05, 0.1) is 25.0 Å². The lowest BCUT2D eigenvalue weighted by Gasteiger charge is -2.41. The third kappa shape index (κ3) is 3.92. The maximum Gasteiger partial charge on any atom is 0.233 e. The number of thioether (sulfide) groups is 1. The molecule has 116 valence electrons. The molecule has 1 aliphatic heterocycles. The summed E-state index contributed by atoms with van der Waals surface area (Å²) in [6, 6.07) is 7.08. The van der Waals surface area contributed by atoms with Gasteiger partial charge in [0.25, 0.3) is 0 Å². The fourth-order valence-corrected chi connectivity index (χ4v) is 3.31. The maximum atomic E-state index is 12.4. The van der Waals surface area contributed by atoms with Crippen LogP contribution >= 0.6 is 23.4 Å². The molecule has 4 nitrogen and oxygen atoms in total. The molecule has 1 saturated heterocycles. The summed E-state index contributed by atoms with van der Waals surface area (Å²) >= 11 is 7.87. The standard InChI is InChI=1S/C15H20ClNO3S/c1-2-21-10-14(19)17-7-8-20-13(9-18)15(17)11-5-3-4-6-12(11)16/h3-6,13,15,18H,2,7-10H2,1H3/t13-,15-/m0/s1. The molecule has 1 aliphatic rings. The number of aliphatic hydroxyl groups excluding tert-OH is 1. The Balaban J connectivity index is 2.29. The fourth-order valence-electron chi connectivity index (χ4n) is 2.52. The highest BCUT2D eigenvalue weighted by atomic mass is 35.5. The molecule has 1 N–H and O–H groups in total. The zero-order valence-corrected chi connectivity index (χ0v) is 13.6. The van der Waals surface area contributed by atoms with Crippen LogP contribution in [0.4, 0.5) is 0 Å². The number of aliphatic hydroxyl groups is 1. The number of halogens is 1. The quantitative estimate of drug-likeness (QED) is 0.901. The summed E-state index contributed by atoms with van der Waals surface area (Å²) in [5.74, 6) is 1.40. The first-order valence-corrected chi connectivity index (χ1v) is 8.56. The van der Waals surface area contributed by atoms with E-state index in [0.29, 0.717) is 23.9 Å². The van der Waals surface area contributed by atoms with Crippen molar-refractivity contribution < 1.29 is 14.6 Å². The molecule has 1 aromatic rings. The predicted molar refractivity (Wildman–Crippen MR) is 85.7 cm³/mol. The van der Waals surface area contributed by atoms with Crippen LogP contribution < -0.4 is 0 Å². The van der Waals surface area contributed by atoms with E-state index in [1.807, 2.05) is 25.1 Å². The number of morpholine rings is 1. The van der Waals surface area contributed by atoms with Gasteiger partial charge in [-0.25, -0.2) is 0 Å². The molecule has 2 rings (SSSR count). The number of ether oxygens (including phenoxy) is 1. The molecule has 1 aromatic carbocycles. The summed E-state index contributed by atoms with van der Waals surface area (Å²) in [4.78, 5) is 14.2. The van der Waals surface area contributed by atoms with Crippen molar-refractivity contribution in [2.24, 2.45) is 0 Å². The zero-order chi connectivity index (χ0) is 15.2. The Morgan fingerprint density at radius 1 is 1.52 bits per heavy atom. The molecule has 0 saturated carbocycles. The Kier molecular flexibility index (Phi) is 6.36. The van der Waals surface area contributed by atoms with Crippen molar-refractivity contribution in [2.75, 3.05) is 31.3 Å². The van der Waals surface area contributed by atoms with E-state index in [9.17, 15) is 9.90 Å². The van der Waals surface area contributed by atoms with Crippen molar-refractivity contribution in [1.82, 2.24) is 4.90 Å². The van der Waals surface area contributed by atoms with Crippen LogP contribution in [0, 0.1) is 0 Å². The molecule has 0 spiro atoms. The lowest BCUT2D eigenvalue weighted by molar-refractivity contribution is -0.147. The van der Waals surface area contributed by atoms with Crippen LogP contribution in [0.5, 0.6) is 0 Å². The molecular formula is C15H20ClNO3S. The van der Waals surface area contributed by atoms with Gasteiger partial charge in [-0.1, -0.05) is 36.7 Å². The largest absolute Gasteiger partial charge is 0.394 e. The lowest BCUT2D eigenvalue weighted by Crippen LogP contribution is -2.50. The smallest absolute Gasteiger partial charge is 0.233 e. The first kappa shape index (κ1) is 16.6. The molecule has 1 amide bonds. The van der Waals surface area contributed by atoms with E-state index in [2.05, 4.69) is 0 Å². The van der Waals surface area contributed by atoms with Crippen LogP contribution in [-0.2, 0) is 9.53 Å². The molecule has 1 fully saturated rings. The average Bonchev–Trinajstić information content (AvgIpc) is 2.52. The van der Waals surface area contributed by atoms with Gasteiger partial charge < -0.3 is 14.7 Å². The van der Waals surface area contributed by atoms with Crippen LogP contribution in [0.2, 0.25) is 5.02 Å². The Morgan fingerprint density at radius 3 is 2.95 bits per heavy atom. The highest BCUT2D eigenvalue weighted by Gasteiger charge is 2.36. The Labute approximate surface area is 134 Å². The van der Waals surface area contributed by atoms with E-state index in [1.54, 1.807) is 22.7 Å². The zero-order valence-electron chi connectivity index (χ0n) is 12.0. The van der Waals surface area contributed by atoms with Crippen molar-refractivity contribution in [3.05, 3.63) is 34.9 Å². The second kappa shape index (κ2) is 8.03. The number of carbonyl (C=O) groups excluding carboxylic acids is 1. The Bertz CT molecular complexity index is 486. The van der Waals surface area contributed by atoms with E-state index in [-0.39, 0.29) is 18.6 Å². The van der Waals surface area contributed by atoms with Gasteiger partial charge in [-0.05, 0) is 17.4 Å².